The molecule has 1 atom stereocenters. The maximum atomic E-state index is 12.8. The number of ether oxygens (including phenoxy) is 2. The third kappa shape index (κ3) is 5.10. The lowest BCUT2D eigenvalue weighted by atomic mass is 9.91. The molecule has 1 aliphatic carbocycles. The molecule has 1 aliphatic rings. The van der Waals surface area contributed by atoms with Crippen LogP contribution in [0, 0.1) is 5.41 Å². The Kier molecular flexibility index (Phi) is 6.74. The van der Waals surface area contributed by atoms with Gasteiger partial charge in [-0.1, -0.05) is 42.5 Å². The van der Waals surface area contributed by atoms with Gasteiger partial charge in [0.25, 0.3) is 0 Å². The minimum Gasteiger partial charge on any atom is -0.490 e. The zero-order valence-corrected chi connectivity index (χ0v) is 18.5. The van der Waals surface area contributed by atoms with Crippen molar-refractivity contribution in [3.05, 3.63) is 77.4 Å². The third-order valence-electron chi connectivity index (χ3n) is 6.11. The summed E-state index contributed by atoms with van der Waals surface area (Å²) >= 11 is 0. The normalized spacial score (nSPS) is 14.9. The van der Waals surface area contributed by atoms with Crippen LogP contribution in [0.4, 0.5) is 0 Å². The summed E-state index contributed by atoms with van der Waals surface area (Å²) in [5.41, 5.74) is 8.28. The molecule has 1 unspecified atom stereocenters. The average molecular weight is 431 g/mol. The molecule has 1 fully saturated rings. The molecule has 5 heteroatoms. The van der Waals surface area contributed by atoms with Gasteiger partial charge in [-0.25, -0.2) is 0 Å². The van der Waals surface area contributed by atoms with Gasteiger partial charge in [-0.3, -0.25) is 10.2 Å². The summed E-state index contributed by atoms with van der Waals surface area (Å²) in [5.74, 6) is 0.269. The monoisotopic (exact) mass is 430 g/mol. The molecule has 0 heterocycles. The Labute approximate surface area is 189 Å². The number of benzene rings is 3. The van der Waals surface area contributed by atoms with Gasteiger partial charge in [-0.05, 0) is 79.1 Å². The zero-order chi connectivity index (χ0) is 22.5. The number of amidine groups is 1. The first-order valence-electron chi connectivity index (χ1n) is 11.3. The molecule has 0 aromatic heterocycles. The Morgan fingerprint density at radius 3 is 2.44 bits per heavy atom. The molecule has 0 spiro atoms. The summed E-state index contributed by atoms with van der Waals surface area (Å²) in [4.78, 5) is 12.8. The molecule has 3 aromatic rings. The van der Waals surface area contributed by atoms with E-state index < -0.39 is 5.92 Å². The smallest absolute Gasteiger partial charge is 0.313 e. The number of esters is 1. The van der Waals surface area contributed by atoms with Crippen LogP contribution < -0.4 is 10.5 Å². The van der Waals surface area contributed by atoms with Crippen LogP contribution in [-0.4, -0.2) is 24.5 Å². The lowest BCUT2D eigenvalue weighted by Gasteiger charge is -2.18. The maximum absolute atomic E-state index is 12.8. The van der Waals surface area contributed by atoms with E-state index >= 15 is 0 Å². The van der Waals surface area contributed by atoms with Crippen molar-refractivity contribution in [1.82, 2.24) is 0 Å². The molecule has 0 amide bonds. The molecule has 3 N–H and O–H groups in total. The van der Waals surface area contributed by atoms with Crippen LogP contribution in [0.15, 0.2) is 60.7 Å². The van der Waals surface area contributed by atoms with Gasteiger partial charge in [0.1, 0.15) is 11.6 Å². The molecule has 32 heavy (non-hydrogen) atoms. The number of nitrogen functional groups attached to an aromatic ring is 1. The Hall–Kier alpha value is -3.34. The topological polar surface area (TPSA) is 85.4 Å². The van der Waals surface area contributed by atoms with Gasteiger partial charge in [0.2, 0.25) is 0 Å². The standard InChI is InChI=1S/C27H30N2O3/c1-2-31-27(30)25(20-11-13-24(14-12-20)32-23-5-3-4-6-23)16-18-7-8-19-9-10-21(26(28)29)17-22(19)15-18/h7-15,17,23,25H,2-6,16H2,1H3,(H3,28,29). The first kappa shape index (κ1) is 21.9. The second-order valence-corrected chi connectivity index (χ2v) is 8.41. The fourth-order valence-electron chi connectivity index (χ4n) is 4.38. The van der Waals surface area contributed by atoms with E-state index in [4.69, 9.17) is 20.6 Å². The van der Waals surface area contributed by atoms with Crippen molar-refractivity contribution >= 4 is 22.6 Å². The lowest BCUT2D eigenvalue weighted by Crippen LogP contribution is -2.18. The highest BCUT2D eigenvalue weighted by atomic mass is 16.5. The number of carbonyl (C=O) groups excluding carboxylic acids is 1. The maximum Gasteiger partial charge on any atom is 0.313 e. The Morgan fingerprint density at radius 1 is 1.03 bits per heavy atom. The van der Waals surface area contributed by atoms with Crippen LogP contribution in [0.1, 0.15) is 55.2 Å². The average Bonchev–Trinajstić information content (AvgIpc) is 3.31. The minimum atomic E-state index is -0.399. The lowest BCUT2D eigenvalue weighted by molar-refractivity contribution is -0.144. The fraction of sp³-hybridized carbons (Fsp3) is 0.333. The van der Waals surface area contributed by atoms with E-state index in [2.05, 4.69) is 6.07 Å². The molecule has 5 nitrogen and oxygen atoms in total. The van der Waals surface area contributed by atoms with Gasteiger partial charge in [-0.15, -0.1) is 0 Å². The van der Waals surface area contributed by atoms with Crippen LogP contribution in [0.5, 0.6) is 5.75 Å². The van der Waals surface area contributed by atoms with Crippen molar-refractivity contribution in [3.63, 3.8) is 0 Å². The van der Waals surface area contributed by atoms with Crippen molar-refractivity contribution in [2.24, 2.45) is 5.73 Å². The van der Waals surface area contributed by atoms with E-state index in [-0.39, 0.29) is 11.8 Å². The number of nitrogens with two attached hydrogens (primary N) is 1. The predicted octanol–water partition coefficient (Wildman–Crippen LogP) is 5.33. The number of nitrogens with one attached hydrogen (secondary N) is 1. The van der Waals surface area contributed by atoms with Crippen LogP contribution in [0.2, 0.25) is 0 Å². The van der Waals surface area contributed by atoms with E-state index in [1.54, 1.807) is 0 Å². The van der Waals surface area contributed by atoms with Crippen LogP contribution in [0.25, 0.3) is 10.8 Å². The Bertz CT molecular complexity index is 1100. The largest absolute Gasteiger partial charge is 0.490 e. The quantitative estimate of drug-likeness (QED) is 0.287. The van der Waals surface area contributed by atoms with Crippen LogP contribution in [0.3, 0.4) is 0 Å². The molecule has 0 saturated heterocycles. The highest BCUT2D eigenvalue weighted by Gasteiger charge is 2.23. The fourth-order valence-corrected chi connectivity index (χ4v) is 4.38. The van der Waals surface area contributed by atoms with Gasteiger partial charge < -0.3 is 15.2 Å². The van der Waals surface area contributed by atoms with Crippen molar-refractivity contribution in [3.8, 4) is 5.75 Å². The Morgan fingerprint density at radius 2 is 1.75 bits per heavy atom. The molecule has 1 saturated carbocycles. The van der Waals surface area contributed by atoms with Crippen molar-refractivity contribution in [2.75, 3.05) is 6.61 Å². The number of rotatable bonds is 8. The molecule has 0 aliphatic heterocycles. The number of carbonyl (C=O) groups is 1. The second-order valence-electron chi connectivity index (χ2n) is 8.41. The Balaban J connectivity index is 1.57. The molecular weight excluding hydrogens is 400 g/mol. The first-order chi connectivity index (χ1) is 15.5. The summed E-state index contributed by atoms with van der Waals surface area (Å²) in [5, 5.41) is 9.75. The van der Waals surface area contributed by atoms with Gasteiger partial charge >= 0.3 is 5.97 Å². The molecule has 0 radical (unpaired) electrons. The second kappa shape index (κ2) is 9.86. The van der Waals surface area contributed by atoms with Crippen LogP contribution >= 0.6 is 0 Å². The summed E-state index contributed by atoms with van der Waals surface area (Å²) in [6.07, 6.45) is 5.52. The summed E-state index contributed by atoms with van der Waals surface area (Å²) in [6, 6.07) is 19.7. The first-order valence-corrected chi connectivity index (χ1v) is 11.3. The van der Waals surface area contributed by atoms with E-state index in [1.165, 1.54) is 12.8 Å². The van der Waals surface area contributed by atoms with E-state index in [1.807, 2.05) is 61.5 Å². The van der Waals surface area contributed by atoms with Gasteiger partial charge in [0, 0.05) is 5.56 Å². The minimum absolute atomic E-state index is 0.0432. The molecule has 4 rings (SSSR count). The molecule has 3 aromatic carbocycles. The number of fused-ring (bicyclic) bond motifs is 1. The highest BCUT2D eigenvalue weighted by Crippen LogP contribution is 2.29. The van der Waals surface area contributed by atoms with Gasteiger partial charge in [-0.2, -0.15) is 0 Å². The summed E-state index contributed by atoms with van der Waals surface area (Å²) in [7, 11) is 0. The highest BCUT2D eigenvalue weighted by molar-refractivity contribution is 5.99. The number of hydrogen-bond acceptors (Lipinski definition) is 4. The zero-order valence-electron chi connectivity index (χ0n) is 18.5. The third-order valence-corrected chi connectivity index (χ3v) is 6.11. The summed E-state index contributed by atoms with van der Waals surface area (Å²) in [6.45, 7) is 2.17. The van der Waals surface area contributed by atoms with Gasteiger partial charge in [0.05, 0.1) is 18.6 Å². The van der Waals surface area contributed by atoms with E-state index in [0.29, 0.717) is 24.7 Å². The predicted molar refractivity (Wildman–Crippen MR) is 127 cm³/mol. The van der Waals surface area contributed by atoms with Crippen LogP contribution in [-0.2, 0) is 16.0 Å². The summed E-state index contributed by atoms with van der Waals surface area (Å²) < 4.78 is 11.5. The number of hydrogen-bond donors (Lipinski definition) is 2. The molecule has 0 bridgehead atoms. The van der Waals surface area contributed by atoms with E-state index in [0.717, 1.165) is 40.5 Å². The van der Waals surface area contributed by atoms with Crippen molar-refractivity contribution < 1.29 is 14.3 Å². The molecular formula is C27H30N2O3. The van der Waals surface area contributed by atoms with Crippen molar-refractivity contribution in [2.45, 2.75) is 51.0 Å². The molecule has 166 valence electrons. The van der Waals surface area contributed by atoms with Crippen molar-refractivity contribution in [1.29, 1.82) is 5.41 Å². The van der Waals surface area contributed by atoms with Gasteiger partial charge in [0.15, 0.2) is 0 Å². The SMILES string of the molecule is CCOC(=O)C(Cc1ccc2ccc(C(=N)N)cc2c1)c1ccc(OC2CCCC2)cc1. The van der Waals surface area contributed by atoms with E-state index in [9.17, 15) is 4.79 Å².